The largest absolute Gasteiger partial charge is 0.490 e. The minimum absolute atomic E-state index is 0.0610. The van der Waals surface area contributed by atoms with E-state index in [9.17, 15) is 5.11 Å². The van der Waals surface area contributed by atoms with Crippen LogP contribution in [-0.4, -0.2) is 38.1 Å². The van der Waals surface area contributed by atoms with Gasteiger partial charge in [-0.2, -0.15) is 0 Å². The highest BCUT2D eigenvalue weighted by molar-refractivity contribution is 5.83. The smallest absolute Gasteiger partial charge is 0.176 e. The van der Waals surface area contributed by atoms with E-state index in [-0.39, 0.29) is 18.1 Å². The van der Waals surface area contributed by atoms with Crippen molar-refractivity contribution in [3.8, 4) is 5.75 Å². The molecule has 0 aliphatic carbocycles. The number of para-hydroxylation sites is 1. The van der Waals surface area contributed by atoms with Crippen LogP contribution in [0.3, 0.4) is 0 Å². The first-order chi connectivity index (χ1) is 10.7. The van der Waals surface area contributed by atoms with E-state index in [0.29, 0.717) is 26.4 Å². The first-order valence-corrected chi connectivity index (χ1v) is 7.75. The number of ether oxygens (including phenoxy) is 2. The van der Waals surface area contributed by atoms with E-state index in [1.807, 2.05) is 31.2 Å². The lowest BCUT2D eigenvalue weighted by Gasteiger charge is -2.40. The molecule has 2 N–H and O–H groups in total. The van der Waals surface area contributed by atoms with Gasteiger partial charge >= 0.3 is 0 Å². The van der Waals surface area contributed by atoms with E-state index < -0.39 is 0 Å². The van der Waals surface area contributed by atoms with E-state index in [1.165, 1.54) is 0 Å². The molecule has 2 heterocycles. The molecule has 5 nitrogen and oxygen atoms in total. The summed E-state index contributed by atoms with van der Waals surface area (Å²) in [6, 6.07) is 8.01. The van der Waals surface area contributed by atoms with Crippen molar-refractivity contribution in [3.63, 3.8) is 0 Å². The third-order valence-corrected chi connectivity index (χ3v) is 4.19. The standard InChI is InChI=1S/C17H23NO4/c1-3-21-14-6-4-5-13-7-15(22-16(13)14)12(2)18-8-17(9-19)10-20-11-17/h4-7,12,18-19H,3,8-11H2,1-2H3. The Labute approximate surface area is 130 Å². The maximum atomic E-state index is 9.47. The number of benzene rings is 1. The molecule has 5 heteroatoms. The Hall–Kier alpha value is -1.56. The van der Waals surface area contributed by atoms with Crippen LogP contribution in [0.25, 0.3) is 11.0 Å². The monoisotopic (exact) mass is 305 g/mol. The molecule has 1 saturated heterocycles. The summed E-state index contributed by atoms with van der Waals surface area (Å²) in [7, 11) is 0. The Bertz CT molecular complexity index is 627. The summed E-state index contributed by atoms with van der Waals surface area (Å²) < 4.78 is 16.8. The SMILES string of the molecule is CCOc1cccc2cc(C(C)NCC3(CO)COC3)oc12. The summed E-state index contributed by atoms with van der Waals surface area (Å²) in [6.07, 6.45) is 0. The fraction of sp³-hybridized carbons (Fsp3) is 0.529. The Balaban J connectivity index is 1.73. The van der Waals surface area contributed by atoms with Gasteiger partial charge < -0.3 is 24.3 Å². The molecule has 1 fully saturated rings. The third kappa shape index (κ3) is 2.84. The highest BCUT2D eigenvalue weighted by Gasteiger charge is 2.38. The van der Waals surface area contributed by atoms with Crippen molar-refractivity contribution in [3.05, 3.63) is 30.0 Å². The molecular formula is C17H23NO4. The molecule has 1 aromatic carbocycles. The molecule has 0 radical (unpaired) electrons. The van der Waals surface area contributed by atoms with E-state index in [2.05, 4.69) is 12.2 Å². The molecule has 120 valence electrons. The number of furan rings is 1. The van der Waals surface area contributed by atoms with Crippen molar-refractivity contribution >= 4 is 11.0 Å². The molecule has 0 amide bonds. The van der Waals surface area contributed by atoms with Crippen LogP contribution < -0.4 is 10.1 Å². The summed E-state index contributed by atoms with van der Waals surface area (Å²) >= 11 is 0. The van der Waals surface area contributed by atoms with Gasteiger partial charge in [0.1, 0.15) is 5.76 Å². The molecule has 1 aromatic heterocycles. The maximum Gasteiger partial charge on any atom is 0.176 e. The zero-order valence-corrected chi connectivity index (χ0v) is 13.1. The summed E-state index contributed by atoms with van der Waals surface area (Å²) in [5.74, 6) is 1.65. The van der Waals surface area contributed by atoms with Gasteiger partial charge in [-0.25, -0.2) is 0 Å². The maximum absolute atomic E-state index is 9.47. The molecule has 3 rings (SSSR count). The zero-order valence-electron chi connectivity index (χ0n) is 13.1. The molecule has 0 spiro atoms. The molecule has 1 aliphatic heterocycles. The summed E-state index contributed by atoms with van der Waals surface area (Å²) in [4.78, 5) is 0. The summed E-state index contributed by atoms with van der Waals surface area (Å²) in [5.41, 5.74) is 0.647. The van der Waals surface area contributed by atoms with Gasteiger partial charge in [0.25, 0.3) is 0 Å². The molecule has 1 unspecified atom stereocenters. The minimum Gasteiger partial charge on any atom is -0.490 e. The number of aliphatic hydroxyl groups excluding tert-OH is 1. The van der Waals surface area contributed by atoms with E-state index in [4.69, 9.17) is 13.9 Å². The fourth-order valence-electron chi connectivity index (χ4n) is 2.65. The number of nitrogens with one attached hydrogen (secondary N) is 1. The quantitative estimate of drug-likeness (QED) is 0.823. The first kappa shape index (κ1) is 15.3. The van der Waals surface area contributed by atoms with E-state index >= 15 is 0 Å². The van der Waals surface area contributed by atoms with Gasteiger partial charge in [-0.15, -0.1) is 0 Å². The fourth-order valence-corrected chi connectivity index (χ4v) is 2.65. The second-order valence-corrected chi connectivity index (χ2v) is 6.01. The Morgan fingerprint density at radius 3 is 2.86 bits per heavy atom. The highest BCUT2D eigenvalue weighted by atomic mass is 16.5. The van der Waals surface area contributed by atoms with Gasteiger partial charge in [0, 0.05) is 11.9 Å². The Morgan fingerprint density at radius 2 is 2.23 bits per heavy atom. The second kappa shape index (κ2) is 6.28. The predicted molar refractivity (Wildman–Crippen MR) is 84.1 cm³/mol. The number of hydrogen-bond donors (Lipinski definition) is 2. The van der Waals surface area contributed by atoms with E-state index in [0.717, 1.165) is 22.5 Å². The highest BCUT2D eigenvalue weighted by Crippen LogP contribution is 2.32. The van der Waals surface area contributed by atoms with Crippen LogP contribution in [0.1, 0.15) is 25.6 Å². The van der Waals surface area contributed by atoms with Crippen LogP contribution in [0, 0.1) is 5.41 Å². The van der Waals surface area contributed by atoms with Gasteiger partial charge in [-0.1, -0.05) is 12.1 Å². The minimum atomic E-state index is -0.142. The van der Waals surface area contributed by atoms with Crippen LogP contribution in [0.5, 0.6) is 5.75 Å². The lowest BCUT2D eigenvalue weighted by Crippen LogP contribution is -2.52. The van der Waals surface area contributed by atoms with Gasteiger partial charge in [-0.3, -0.25) is 0 Å². The lowest BCUT2D eigenvalue weighted by atomic mass is 9.87. The van der Waals surface area contributed by atoms with Crippen LogP contribution in [0.4, 0.5) is 0 Å². The van der Waals surface area contributed by atoms with Crippen LogP contribution in [0.15, 0.2) is 28.7 Å². The van der Waals surface area contributed by atoms with Gasteiger partial charge in [0.05, 0.1) is 37.9 Å². The van der Waals surface area contributed by atoms with Crippen LogP contribution >= 0.6 is 0 Å². The molecule has 0 bridgehead atoms. The molecule has 1 aliphatic rings. The molecule has 0 saturated carbocycles. The van der Waals surface area contributed by atoms with Gasteiger partial charge in [0.2, 0.25) is 0 Å². The normalized spacial score (nSPS) is 18.1. The Morgan fingerprint density at radius 1 is 1.41 bits per heavy atom. The third-order valence-electron chi connectivity index (χ3n) is 4.19. The zero-order chi connectivity index (χ0) is 15.6. The first-order valence-electron chi connectivity index (χ1n) is 7.75. The average Bonchev–Trinajstić information content (AvgIpc) is 2.92. The number of hydrogen-bond acceptors (Lipinski definition) is 5. The van der Waals surface area contributed by atoms with Gasteiger partial charge in [-0.05, 0) is 26.0 Å². The topological polar surface area (TPSA) is 63.9 Å². The average molecular weight is 305 g/mol. The van der Waals surface area contributed by atoms with Crippen LogP contribution in [-0.2, 0) is 4.74 Å². The van der Waals surface area contributed by atoms with Crippen molar-refractivity contribution in [1.29, 1.82) is 0 Å². The summed E-state index contributed by atoms with van der Waals surface area (Å²) in [5, 5.41) is 13.9. The molecule has 1 atom stereocenters. The van der Waals surface area contributed by atoms with Crippen molar-refractivity contribution in [2.45, 2.75) is 19.9 Å². The van der Waals surface area contributed by atoms with Crippen molar-refractivity contribution in [1.82, 2.24) is 5.32 Å². The Kier molecular flexibility index (Phi) is 4.38. The molecule has 2 aromatic rings. The lowest BCUT2D eigenvalue weighted by molar-refractivity contribution is -0.135. The van der Waals surface area contributed by atoms with Crippen molar-refractivity contribution in [2.75, 3.05) is 33.0 Å². The predicted octanol–water partition coefficient (Wildman–Crippen LogP) is 2.49. The van der Waals surface area contributed by atoms with Crippen molar-refractivity contribution < 1.29 is 19.0 Å². The number of fused-ring (bicyclic) bond motifs is 1. The van der Waals surface area contributed by atoms with Gasteiger partial charge in [0.15, 0.2) is 11.3 Å². The van der Waals surface area contributed by atoms with E-state index in [1.54, 1.807) is 0 Å². The second-order valence-electron chi connectivity index (χ2n) is 6.01. The number of rotatable bonds is 7. The summed E-state index contributed by atoms with van der Waals surface area (Å²) in [6.45, 7) is 6.70. The number of aliphatic hydroxyl groups is 1. The van der Waals surface area contributed by atoms with Crippen molar-refractivity contribution in [2.24, 2.45) is 5.41 Å². The molecule has 22 heavy (non-hydrogen) atoms. The molecular weight excluding hydrogens is 282 g/mol. The van der Waals surface area contributed by atoms with Crippen LogP contribution in [0.2, 0.25) is 0 Å².